The molecular weight excluding hydrogens is 484 g/mol. The number of benzene rings is 2. The highest BCUT2D eigenvalue weighted by atomic mass is 16.6. The van der Waals surface area contributed by atoms with Crippen LogP contribution in [-0.4, -0.2) is 62.8 Å². The standard InChI is InChI=1S/C30H38N2O6/c1-35-26-16-21(17-27(36-2)29(26)38-20-25-12-7-15-37-25)19-32(23-9-3-4-10-23)30(34)22-8-5-11-24(18-22)31-14-6-13-28(31)33/h5,8,11,16-18,23,25H,3-4,6-7,9-10,12-15,19-20H2,1-2H3/t25-/m1/s1. The molecule has 8 heteroatoms. The Morgan fingerprint density at radius 3 is 2.42 bits per heavy atom. The van der Waals surface area contributed by atoms with Crippen molar-refractivity contribution in [2.45, 2.75) is 70.1 Å². The number of methoxy groups -OCH3 is 2. The normalized spacial score (nSPS) is 19.7. The van der Waals surface area contributed by atoms with Crippen LogP contribution < -0.4 is 19.1 Å². The van der Waals surface area contributed by atoms with Gasteiger partial charge in [0.15, 0.2) is 11.5 Å². The molecule has 3 fully saturated rings. The van der Waals surface area contributed by atoms with Gasteiger partial charge in [-0.15, -0.1) is 0 Å². The molecule has 0 bridgehead atoms. The van der Waals surface area contributed by atoms with Gasteiger partial charge < -0.3 is 28.7 Å². The van der Waals surface area contributed by atoms with Crippen LogP contribution in [0.25, 0.3) is 0 Å². The molecule has 0 spiro atoms. The molecule has 0 aromatic heterocycles. The van der Waals surface area contributed by atoms with E-state index in [2.05, 4.69) is 0 Å². The van der Waals surface area contributed by atoms with Crippen LogP contribution in [0.1, 0.15) is 67.3 Å². The van der Waals surface area contributed by atoms with Gasteiger partial charge in [0.2, 0.25) is 11.7 Å². The van der Waals surface area contributed by atoms with Gasteiger partial charge in [0, 0.05) is 43.4 Å². The molecule has 2 saturated heterocycles. The molecule has 2 amide bonds. The second-order valence-corrected chi connectivity index (χ2v) is 10.3. The van der Waals surface area contributed by atoms with Gasteiger partial charge in [-0.25, -0.2) is 0 Å². The SMILES string of the molecule is COc1cc(CN(C(=O)c2cccc(N3CCCC3=O)c2)C2CCCC2)cc(OC)c1OC[C@H]1CCCO1. The Morgan fingerprint density at radius 2 is 1.79 bits per heavy atom. The number of hydrogen-bond donors (Lipinski definition) is 0. The summed E-state index contributed by atoms with van der Waals surface area (Å²) < 4.78 is 23.2. The van der Waals surface area contributed by atoms with Gasteiger partial charge in [-0.3, -0.25) is 9.59 Å². The first kappa shape index (κ1) is 26.4. The third-order valence-electron chi connectivity index (χ3n) is 7.82. The molecule has 2 aromatic rings. The van der Waals surface area contributed by atoms with Crippen LogP contribution >= 0.6 is 0 Å². The zero-order valence-corrected chi connectivity index (χ0v) is 22.4. The number of anilines is 1. The number of amides is 2. The predicted molar refractivity (Wildman–Crippen MR) is 144 cm³/mol. The number of rotatable bonds is 10. The number of hydrogen-bond acceptors (Lipinski definition) is 6. The molecule has 0 N–H and O–H groups in total. The highest BCUT2D eigenvalue weighted by molar-refractivity contribution is 5.99. The number of carbonyl (C=O) groups excluding carboxylic acids is 2. The van der Waals surface area contributed by atoms with Crippen molar-refractivity contribution in [1.29, 1.82) is 0 Å². The Hall–Kier alpha value is -3.26. The Kier molecular flexibility index (Phi) is 8.37. The van der Waals surface area contributed by atoms with Crippen LogP contribution in [0.4, 0.5) is 5.69 Å². The Labute approximate surface area is 224 Å². The fourth-order valence-corrected chi connectivity index (χ4v) is 5.79. The van der Waals surface area contributed by atoms with Crippen molar-refractivity contribution in [3.05, 3.63) is 47.5 Å². The van der Waals surface area contributed by atoms with E-state index in [0.717, 1.165) is 62.8 Å². The van der Waals surface area contributed by atoms with E-state index in [1.54, 1.807) is 19.1 Å². The monoisotopic (exact) mass is 522 g/mol. The zero-order chi connectivity index (χ0) is 26.5. The first-order valence-electron chi connectivity index (χ1n) is 13.8. The van der Waals surface area contributed by atoms with Crippen molar-refractivity contribution < 1.29 is 28.5 Å². The van der Waals surface area contributed by atoms with Gasteiger partial charge in [0.25, 0.3) is 5.91 Å². The molecule has 0 radical (unpaired) electrons. The topological polar surface area (TPSA) is 77.5 Å². The van der Waals surface area contributed by atoms with Crippen LogP contribution in [0, 0.1) is 0 Å². The van der Waals surface area contributed by atoms with Crippen molar-refractivity contribution in [2.75, 3.05) is 38.9 Å². The lowest BCUT2D eigenvalue weighted by Crippen LogP contribution is -2.38. The van der Waals surface area contributed by atoms with Crippen LogP contribution in [0.2, 0.25) is 0 Å². The maximum Gasteiger partial charge on any atom is 0.254 e. The van der Waals surface area contributed by atoms with Crippen molar-refractivity contribution >= 4 is 17.5 Å². The molecule has 1 aliphatic carbocycles. The van der Waals surface area contributed by atoms with Crippen LogP contribution in [0.15, 0.2) is 36.4 Å². The third-order valence-corrected chi connectivity index (χ3v) is 7.82. The molecule has 3 aliphatic rings. The second kappa shape index (κ2) is 12.1. The molecule has 1 atom stereocenters. The van der Waals surface area contributed by atoms with Crippen LogP contribution in [0.5, 0.6) is 17.2 Å². The molecule has 2 aliphatic heterocycles. The van der Waals surface area contributed by atoms with Crippen LogP contribution in [0.3, 0.4) is 0 Å². The van der Waals surface area contributed by atoms with E-state index in [-0.39, 0.29) is 24.0 Å². The van der Waals surface area contributed by atoms with E-state index < -0.39 is 0 Å². The summed E-state index contributed by atoms with van der Waals surface area (Å²) in [5.74, 6) is 1.79. The summed E-state index contributed by atoms with van der Waals surface area (Å²) in [4.78, 5) is 30.0. The zero-order valence-electron chi connectivity index (χ0n) is 22.4. The first-order chi connectivity index (χ1) is 18.6. The van der Waals surface area contributed by atoms with Crippen molar-refractivity contribution in [1.82, 2.24) is 4.90 Å². The van der Waals surface area contributed by atoms with E-state index >= 15 is 0 Å². The summed E-state index contributed by atoms with van der Waals surface area (Å²) in [6.45, 7) is 2.33. The second-order valence-electron chi connectivity index (χ2n) is 10.3. The van der Waals surface area contributed by atoms with E-state index in [0.29, 0.717) is 48.9 Å². The van der Waals surface area contributed by atoms with Crippen molar-refractivity contribution in [3.63, 3.8) is 0 Å². The smallest absolute Gasteiger partial charge is 0.254 e. The van der Waals surface area contributed by atoms with Gasteiger partial charge in [0.05, 0.1) is 20.3 Å². The largest absolute Gasteiger partial charge is 0.493 e. The van der Waals surface area contributed by atoms with E-state index in [4.69, 9.17) is 18.9 Å². The summed E-state index contributed by atoms with van der Waals surface area (Å²) >= 11 is 0. The average molecular weight is 523 g/mol. The van der Waals surface area contributed by atoms with E-state index in [9.17, 15) is 9.59 Å². The summed E-state index contributed by atoms with van der Waals surface area (Å²) in [7, 11) is 3.23. The van der Waals surface area contributed by atoms with Crippen molar-refractivity contribution in [2.24, 2.45) is 0 Å². The average Bonchev–Trinajstić information content (AvgIpc) is 3.74. The summed E-state index contributed by atoms with van der Waals surface area (Å²) in [5, 5.41) is 0. The van der Waals surface area contributed by atoms with Crippen molar-refractivity contribution in [3.8, 4) is 17.2 Å². The lowest BCUT2D eigenvalue weighted by atomic mass is 10.1. The maximum absolute atomic E-state index is 13.9. The van der Waals surface area contributed by atoms with Gasteiger partial charge in [0.1, 0.15) is 6.61 Å². The molecular formula is C30H38N2O6. The van der Waals surface area contributed by atoms with Gasteiger partial charge in [-0.1, -0.05) is 18.9 Å². The minimum atomic E-state index is -0.0259. The lowest BCUT2D eigenvalue weighted by molar-refractivity contribution is -0.117. The minimum absolute atomic E-state index is 0.0259. The fraction of sp³-hybridized carbons (Fsp3) is 0.533. The highest BCUT2D eigenvalue weighted by Crippen LogP contribution is 2.40. The minimum Gasteiger partial charge on any atom is -0.493 e. The molecule has 0 unspecified atom stereocenters. The van der Waals surface area contributed by atoms with E-state index in [1.165, 1.54) is 0 Å². The molecule has 2 heterocycles. The Bertz CT molecular complexity index is 1110. The Balaban J connectivity index is 1.39. The summed E-state index contributed by atoms with van der Waals surface area (Å²) in [5.41, 5.74) is 2.31. The summed E-state index contributed by atoms with van der Waals surface area (Å²) in [6, 6.07) is 11.5. The van der Waals surface area contributed by atoms with E-state index in [1.807, 2.05) is 41.3 Å². The fourth-order valence-electron chi connectivity index (χ4n) is 5.79. The van der Waals surface area contributed by atoms with Gasteiger partial charge >= 0.3 is 0 Å². The number of carbonyl (C=O) groups is 2. The third kappa shape index (κ3) is 5.75. The lowest BCUT2D eigenvalue weighted by Gasteiger charge is -2.30. The molecule has 2 aromatic carbocycles. The Morgan fingerprint density at radius 1 is 1.03 bits per heavy atom. The van der Waals surface area contributed by atoms with Gasteiger partial charge in [-0.2, -0.15) is 0 Å². The molecule has 5 rings (SSSR count). The number of nitrogens with zero attached hydrogens (tertiary/aromatic N) is 2. The summed E-state index contributed by atoms with van der Waals surface area (Å²) in [6.07, 6.45) is 7.69. The molecule has 1 saturated carbocycles. The van der Waals surface area contributed by atoms with Gasteiger partial charge in [-0.05, 0) is 68.0 Å². The molecule has 38 heavy (non-hydrogen) atoms. The number of ether oxygens (including phenoxy) is 4. The first-order valence-corrected chi connectivity index (χ1v) is 13.8. The van der Waals surface area contributed by atoms with Crippen LogP contribution in [-0.2, 0) is 16.1 Å². The predicted octanol–water partition coefficient (Wildman–Crippen LogP) is 4.97. The maximum atomic E-state index is 13.9. The highest BCUT2D eigenvalue weighted by Gasteiger charge is 2.30. The molecule has 204 valence electrons. The quantitative estimate of drug-likeness (QED) is 0.438. The molecule has 8 nitrogen and oxygen atoms in total.